The van der Waals surface area contributed by atoms with Gasteiger partial charge in [0.25, 0.3) is 11.9 Å². The highest BCUT2D eigenvalue weighted by Gasteiger charge is 2.27. The van der Waals surface area contributed by atoms with Crippen LogP contribution in [0.2, 0.25) is 0 Å². The number of hydrogen-bond donors (Lipinski definition) is 7. The number of amides is 3. The Bertz CT molecular complexity index is 1770. The second kappa shape index (κ2) is 20.5. The van der Waals surface area contributed by atoms with Gasteiger partial charge in [-0.2, -0.15) is 0 Å². The molecule has 3 atom stereocenters. The van der Waals surface area contributed by atoms with Crippen molar-refractivity contribution in [2.24, 2.45) is 11.3 Å². The summed E-state index contributed by atoms with van der Waals surface area (Å²) in [6, 6.07) is 7.65. The van der Waals surface area contributed by atoms with Crippen molar-refractivity contribution in [2.75, 3.05) is 10.6 Å². The van der Waals surface area contributed by atoms with Crippen molar-refractivity contribution in [3.8, 4) is 11.8 Å². The van der Waals surface area contributed by atoms with Crippen LogP contribution in [0.25, 0.3) is 0 Å². The second-order valence-corrected chi connectivity index (χ2v) is 13.9. The first-order chi connectivity index (χ1) is 25.2. The van der Waals surface area contributed by atoms with Gasteiger partial charge in [0.05, 0.1) is 16.3 Å². The molecule has 0 aliphatic rings. The summed E-state index contributed by atoms with van der Waals surface area (Å²) in [5, 5.41) is 54.3. The van der Waals surface area contributed by atoms with Gasteiger partial charge >= 0.3 is 11.9 Å². The van der Waals surface area contributed by atoms with E-state index in [1.165, 1.54) is 24.3 Å². The Labute approximate surface area is 311 Å². The quantitative estimate of drug-likeness (QED) is 0.0615. The highest BCUT2D eigenvalue weighted by Crippen LogP contribution is 2.20. The molecule has 3 unspecified atom stereocenters. The number of nitro groups is 2. The Morgan fingerprint density at radius 1 is 0.759 bits per heavy atom. The highest BCUT2D eigenvalue weighted by molar-refractivity contribution is 5.91. The molecular formula is C36H45N7O11. The lowest BCUT2D eigenvalue weighted by molar-refractivity contribution is -0.403. The minimum absolute atomic E-state index is 0.0444. The number of aliphatic carboxylic acids is 2. The topological polar surface area (TPSA) is 272 Å². The van der Waals surface area contributed by atoms with Gasteiger partial charge in [-0.3, -0.25) is 34.6 Å². The second-order valence-electron chi connectivity index (χ2n) is 13.9. The first-order valence-corrected chi connectivity index (χ1v) is 16.8. The van der Waals surface area contributed by atoms with E-state index in [9.17, 15) is 54.4 Å². The standard InChI is InChI=1S/C36H45N7O11/c1-22(2)18-29(33(46)41-28(35(49)50)9-7-6-8-27(34(47)48)39-32(45)20-36(3,4)5)40-31(44)19-23-10-12-24(13-11-23)37-30(21-42(51)52)38-25-14-16-26(17-15-25)43(53)54/h10-17,21-22,27-29,37-38H,8-9,18-20H2,1-5H3,(H,39,45)(H,40,44)(H,41,46)(H,47,48)(H,49,50). The molecule has 0 bridgehead atoms. The Morgan fingerprint density at radius 3 is 1.69 bits per heavy atom. The number of carbonyl (C=O) groups is 5. The number of rotatable bonds is 19. The molecule has 0 aliphatic heterocycles. The molecular weight excluding hydrogens is 706 g/mol. The average molecular weight is 752 g/mol. The molecule has 2 aromatic rings. The molecule has 18 nitrogen and oxygen atoms in total. The van der Waals surface area contributed by atoms with E-state index < -0.39 is 57.6 Å². The lowest BCUT2D eigenvalue weighted by Crippen LogP contribution is -2.52. The largest absolute Gasteiger partial charge is 0.480 e. The van der Waals surface area contributed by atoms with Crippen molar-refractivity contribution in [1.82, 2.24) is 16.0 Å². The van der Waals surface area contributed by atoms with E-state index in [0.29, 0.717) is 23.1 Å². The third-order valence-electron chi connectivity index (χ3n) is 7.22. The Morgan fingerprint density at radius 2 is 1.24 bits per heavy atom. The van der Waals surface area contributed by atoms with Gasteiger partial charge in [0.1, 0.15) is 18.1 Å². The summed E-state index contributed by atoms with van der Waals surface area (Å²) < 4.78 is 0. The zero-order valence-corrected chi connectivity index (χ0v) is 30.5. The summed E-state index contributed by atoms with van der Waals surface area (Å²) in [7, 11) is 0. The van der Waals surface area contributed by atoms with Crippen LogP contribution in [0.1, 0.15) is 65.9 Å². The van der Waals surface area contributed by atoms with Gasteiger partial charge in [0.15, 0.2) is 5.82 Å². The van der Waals surface area contributed by atoms with Crippen LogP contribution in [0.5, 0.6) is 0 Å². The highest BCUT2D eigenvalue weighted by atomic mass is 16.6. The molecule has 0 aromatic heterocycles. The first kappa shape index (κ1) is 43.7. The fourth-order valence-electron chi connectivity index (χ4n) is 4.77. The fourth-order valence-corrected chi connectivity index (χ4v) is 4.77. The van der Waals surface area contributed by atoms with Gasteiger partial charge in [-0.1, -0.05) is 46.8 Å². The van der Waals surface area contributed by atoms with Crippen LogP contribution in [-0.2, 0) is 30.4 Å². The zero-order valence-electron chi connectivity index (χ0n) is 30.5. The average Bonchev–Trinajstić information content (AvgIpc) is 3.04. The molecule has 0 radical (unpaired) electrons. The molecule has 0 fully saturated rings. The van der Waals surface area contributed by atoms with Crippen molar-refractivity contribution < 1.29 is 44.0 Å². The fraction of sp³-hybridized carbons (Fsp3) is 0.417. The number of benzene rings is 2. The van der Waals surface area contributed by atoms with E-state index in [-0.39, 0.29) is 54.9 Å². The third-order valence-corrected chi connectivity index (χ3v) is 7.22. The minimum Gasteiger partial charge on any atom is -0.480 e. The lowest BCUT2D eigenvalue weighted by atomic mass is 9.92. The van der Waals surface area contributed by atoms with Crippen molar-refractivity contribution in [3.05, 3.63) is 86.3 Å². The monoisotopic (exact) mass is 751 g/mol. The summed E-state index contributed by atoms with van der Waals surface area (Å²) in [5.41, 5.74) is 0.761. The molecule has 2 rings (SSSR count). The first-order valence-electron chi connectivity index (χ1n) is 16.8. The summed E-state index contributed by atoms with van der Waals surface area (Å²) in [4.78, 5) is 82.7. The molecule has 0 aliphatic carbocycles. The van der Waals surface area contributed by atoms with E-state index in [1.807, 2.05) is 34.6 Å². The maximum absolute atomic E-state index is 13.2. The molecule has 7 N–H and O–H groups in total. The Hall–Kier alpha value is -6.51. The Kier molecular flexibility index (Phi) is 16.6. The molecule has 290 valence electrons. The molecule has 0 saturated carbocycles. The lowest BCUT2D eigenvalue weighted by Gasteiger charge is -2.22. The minimum atomic E-state index is -1.47. The summed E-state index contributed by atoms with van der Waals surface area (Å²) in [5.74, 6) is 0.549. The SMILES string of the molecule is CC(C)CC(NC(=O)Cc1ccc(NC(=C[N+](=O)[O-])Nc2ccc([N+](=O)[O-])cc2)cc1)C(=O)NC(CC#CCC(NC(=O)CC(C)(C)C)C(=O)O)C(=O)O. The number of carboxylic acids is 2. The Balaban J connectivity index is 2.04. The van der Waals surface area contributed by atoms with Crippen molar-refractivity contribution in [1.29, 1.82) is 0 Å². The van der Waals surface area contributed by atoms with E-state index >= 15 is 0 Å². The maximum Gasteiger partial charge on any atom is 0.327 e. The summed E-state index contributed by atoms with van der Waals surface area (Å²) in [6.45, 7) is 9.10. The summed E-state index contributed by atoms with van der Waals surface area (Å²) >= 11 is 0. The number of nitrogens with one attached hydrogen (secondary N) is 5. The van der Waals surface area contributed by atoms with Gasteiger partial charge in [0.2, 0.25) is 17.7 Å². The van der Waals surface area contributed by atoms with Crippen LogP contribution < -0.4 is 26.6 Å². The van der Waals surface area contributed by atoms with Crippen LogP contribution in [0, 0.1) is 43.4 Å². The van der Waals surface area contributed by atoms with E-state index in [1.54, 1.807) is 24.3 Å². The number of non-ortho nitro benzene ring substituents is 1. The van der Waals surface area contributed by atoms with Gasteiger partial charge in [-0.15, -0.1) is 11.8 Å². The molecule has 2 aromatic carbocycles. The number of carbonyl (C=O) groups excluding carboxylic acids is 3. The van der Waals surface area contributed by atoms with Gasteiger partial charge < -0.3 is 36.8 Å². The predicted octanol–water partition coefficient (Wildman–Crippen LogP) is 3.63. The van der Waals surface area contributed by atoms with Crippen LogP contribution in [0.15, 0.2) is 60.6 Å². The molecule has 54 heavy (non-hydrogen) atoms. The third kappa shape index (κ3) is 16.7. The number of nitrogens with zero attached hydrogens (tertiary/aromatic N) is 2. The van der Waals surface area contributed by atoms with Crippen LogP contribution >= 0.6 is 0 Å². The van der Waals surface area contributed by atoms with Crippen molar-refractivity contribution >= 4 is 46.7 Å². The molecule has 0 spiro atoms. The van der Waals surface area contributed by atoms with E-state index in [4.69, 9.17) is 0 Å². The number of hydrogen-bond acceptors (Lipinski definition) is 11. The number of anilines is 2. The van der Waals surface area contributed by atoms with Gasteiger partial charge in [0, 0.05) is 42.8 Å². The van der Waals surface area contributed by atoms with E-state index in [2.05, 4.69) is 38.4 Å². The number of nitro benzene ring substituents is 1. The number of carboxylic acid groups (broad SMARTS) is 2. The maximum atomic E-state index is 13.2. The molecule has 3 amide bonds. The van der Waals surface area contributed by atoms with E-state index in [0.717, 1.165) is 0 Å². The van der Waals surface area contributed by atoms with Gasteiger partial charge in [-0.25, -0.2) is 9.59 Å². The van der Waals surface area contributed by atoms with Gasteiger partial charge in [-0.05, 0) is 47.6 Å². The van der Waals surface area contributed by atoms with Crippen LogP contribution in [-0.4, -0.2) is 67.8 Å². The van der Waals surface area contributed by atoms with Crippen LogP contribution in [0.4, 0.5) is 17.1 Å². The van der Waals surface area contributed by atoms with Crippen molar-refractivity contribution in [3.63, 3.8) is 0 Å². The molecule has 18 heteroatoms. The smallest absolute Gasteiger partial charge is 0.327 e. The summed E-state index contributed by atoms with van der Waals surface area (Å²) in [6.07, 6.45) is 0.134. The normalized spacial score (nSPS) is 12.9. The van der Waals surface area contributed by atoms with Crippen LogP contribution in [0.3, 0.4) is 0 Å². The molecule has 0 saturated heterocycles. The predicted molar refractivity (Wildman–Crippen MR) is 197 cm³/mol. The molecule has 0 heterocycles. The van der Waals surface area contributed by atoms with Crippen molar-refractivity contribution in [2.45, 2.75) is 84.8 Å². The zero-order chi connectivity index (χ0) is 40.6.